The molecule has 5 aromatic carbocycles. The third kappa shape index (κ3) is 10.6. The van der Waals surface area contributed by atoms with Crippen LogP contribution in [0.15, 0.2) is 122 Å². The van der Waals surface area contributed by atoms with E-state index in [-0.39, 0.29) is 47.8 Å². The topological polar surface area (TPSA) is 256 Å². The molecule has 0 aliphatic carbocycles. The number of hydrogen-bond acceptors (Lipinski definition) is 13. The number of carbonyl (C=O) groups excluding carboxylic acids is 4. The van der Waals surface area contributed by atoms with Crippen molar-refractivity contribution in [1.29, 1.82) is 0 Å². The van der Waals surface area contributed by atoms with E-state index in [4.69, 9.17) is 26.8 Å². The zero-order valence-electron chi connectivity index (χ0n) is 43.6. The number of amides is 3. The molecule has 0 bridgehead atoms. The molecule has 3 aliphatic rings. The minimum atomic E-state index is -1.35. The van der Waals surface area contributed by atoms with Crippen LogP contribution in [0.1, 0.15) is 116 Å². The Kier molecular flexibility index (Phi) is 14.3. The monoisotopic (exact) mass is 1100 g/mol. The van der Waals surface area contributed by atoms with Gasteiger partial charge in [-0.05, 0) is 103 Å². The number of rotatable bonds is 17. The van der Waals surface area contributed by atoms with Gasteiger partial charge in [-0.2, -0.15) is 10.2 Å². The van der Waals surface area contributed by atoms with Crippen molar-refractivity contribution in [2.45, 2.75) is 76.5 Å². The molecule has 0 atom stereocenters. The van der Waals surface area contributed by atoms with Crippen LogP contribution in [0.25, 0.3) is 5.69 Å². The number of anilines is 2. The maximum Gasteiger partial charge on any atom is 0.340 e. The second-order valence-electron chi connectivity index (χ2n) is 20.6. The SMILES string of the molecule is CC1(C)CN(C(=O)c2cn[nH]c2)Cc2c(C(=O)Nc3ccc(-n4cc(CCC(=O)NCCCCCCNC(=S)Nc5ccc6c(c5)C(=O)OC65c6ccc(O)cc6Oc6cc(O)ccc65)nn4)cc3)nn(Cc3ccc(F)cc3)c21. The van der Waals surface area contributed by atoms with E-state index in [1.54, 1.807) is 87.3 Å². The summed E-state index contributed by atoms with van der Waals surface area (Å²) in [5, 5.41) is 53.1. The number of nitrogens with zero attached hydrogens (tertiary/aromatic N) is 7. The van der Waals surface area contributed by atoms with Crippen molar-refractivity contribution < 1.29 is 43.3 Å². The van der Waals surface area contributed by atoms with Gasteiger partial charge in [0.2, 0.25) is 5.91 Å². The molecule has 0 saturated heterocycles. The number of halogens is 1. The van der Waals surface area contributed by atoms with Gasteiger partial charge in [-0.1, -0.05) is 50.1 Å². The van der Waals surface area contributed by atoms with E-state index in [1.165, 1.54) is 42.6 Å². The first-order valence-electron chi connectivity index (χ1n) is 26.1. The molecular weight excluding hydrogens is 1040 g/mol. The van der Waals surface area contributed by atoms with Crippen LogP contribution in [0.4, 0.5) is 15.8 Å². The summed E-state index contributed by atoms with van der Waals surface area (Å²) in [5.41, 5.74) is 5.34. The normalized spacial score (nSPS) is 14.2. The summed E-state index contributed by atoms with van der Waals surface area (Å²) in [6.07, 6.45) is 8.89. The van der Waals surface area contributed by atoms with Crippen molar-refractivity contribution in [2.24, 2.45) is 0 Å². The van der Waals surface area contributed by atoms with E-state index >= 15 is 0 Å². The van der Waals surface area contributed by atoms with Crippen molar-refractivity contribution in [3.63, 3.8) is 0 Å². The van der Waals surface area contributed by atoms with E-state index in [0.29, 0.717) is 105 Å². The first-order valence-corrected chi connectivity index (χ1v) is 26.5. The van der Waals surface area contributed by atoms with Crippen LogP contribution < -0.4 is 26.0 Å². The van der Waals surface area contributed by atoms with Crippen molar-refractivity contribution in [1.82, 2.24) is 50.5 Å². The van der Waals surface area contributed by atoms with Gasteiger partial charge in [-0.15, -0.1) is 5.10 Å². The van der Waals surface area contributed by atoms with Gasteiger partial charge in [0.05, 0.1) is 53.7 Å². The summed E-state index contributed by atoms with van der Waals surface area (Å²) in [6.45, 7) is 6.00. The highest BCUT2D eigenvalue weighted by Gasteiger charge is 2.54. The molecule has 6 heterocycles. The Morgan fingerprint density at radius 3 is 2.21 bits per heavy atom. The summed E-state index contributed by atoms with van der Waals surface area (Å²) in [7, 11) is 0. The van der Waals surface area contributed by atoms with Crippen molar-refractivity contribution in [3.05, 3.63) is 184 Å². The molecular formula is C58H55FN12O8S. The van der Waals surface area contributed by atoms with Crippen LogP contribution >= 0.6 is 12.2 Å². The number of thiocarbonyl (C=S) groups is 1. The lowest BCUT2D eigenvalue weighted by atomic mass is 9.77. The Morgan fingerprint density at radius 2 is 1.51 bits per heavy atom. The quantitative estimate of drug-likeness (QED) is 0.0258. The fraction of sp³-hybridized carbons (Fsp3) is 0.259. The van der Waals surface area contributed by atoms with Crippen LogP contribution in [-0.2, 0) is 40.1 Å². The maximum atomic E-state index is 14.1. The van der Waals surface area contributed by atoms with Gasteiger partial charge in [-0.25, -0.2) is 13.9 Å². The lowest BCUT2D eigenvalue weighted by molar-refractivity contribution is -0.121. The second-order valence-corrected chi connectivity index (χ2v) is 21.0. The zero-order valence-corrected chi connectivity index (χ0v) is 44.4. The number of unbranched alkanes of at least 4 members (excludes halogenated alkanes) is 3. The first kappa shape index (κ1) is 52.6. The number of nitrogens with one attached hydrogen (secondary N) is 5. The number of aryl methyl sites for hydroxylation is 1. The molecule has 11 rings (SSSR count). The Bertz CT molecular complexity index is 3640. The fourth-order valence-electron chi connectivity index (χ4n) is 10.7. The zero-order chi connectivity index (χ0) is 55.7. The van der Waals surface area contributed by atoms with E-state index < -0.39 is 22.9 Å². The molecule has 22 heteroatoms. The number of aromatic hydroxyl groups is 2. The number of esters is 1. The summed E-state index contributed by atoms with van der Waals surface area (Å²) in [4.78, 5) is 55.5. The number of aromatic amines is 1. The molecule has 0 radical (unpaired) electrons. The molecule has 20 nitrogen and oxygen atoms in total. The number of benzene rings is 5. The van der Waals surface area contributed by atoms with Gasteiger partial charge in [-0.3, -0.25) is 24.2 Å². The predicted molar refractivity (Wildman–Crippen MR) is 295 cm³/mol. The summed E-state index contributed by atoms with van der Waals surface area (Å²) < 4.78 is 29.4. The van der Waals surface area contributed by atoms with Gasteiger partial charge in [0.15, 0.2) is 16.4 Å². The molecule has 0 unspecified atom stereocenters. The van der Waals surface area contributed by atoms with Crippen LogP contribution in [0.3, 0.4) is 0 Å². The number of aromatic nitrogens is 7. The highest BCUT2D eigenvalue weighted by atomic mass is 32.1. The van der Waals surface area contributed by atoms with Gasteiger partial charge in [0.25, 0.3) is 11.8 Å². The van der Waals surface area contributed by atoms with Crippen molar-refractivity contribution in [2.75, 3.05) is 30.3 Å². The number of phenolic OH excluding ortho intramolecular Hbond substituents is 2. The van der Waals surface area contributed by atoms with Crippen molar-refractivity contribution in [3.8, 4) is 28.7 Å². The molecule has 0 fully saturated rings. The largest absolute Gasteiger partial charge is 0.508 e. The Balaban J connectivity index is 0.614. The molecule has 8 aromatic rings. The second kappa shape index (κ2) is 21.8. The molecule has 80 heavy (non-hydrogen) atoms. The average molecular weight is 1100 g/mol. The maximum absolute atomic E-state index is 14.1. The predicted octanol–water partition coefficient (Wildman–Crippen LogP) is 8.14. The molecule has 0 saturated carbocycles. The first-order chi connectivity index (χ1) is 38.6. The average Bonchev–Trinajstić information content (AvgIpc) is 4.28. The molecule has 3 aliphatic heterocycles. The van der Waals surface area contributed by atoms with Crippen LogP contribution in [0.5, 0.6) is 23.0 Å². The highest BCUT2D eigenvalue weighted by molar-refractivity contribution is 7.80. The Hall–Kier alpha value is -9.44. The fourth-order valence-corrected chi connectivity index (χ4v) is 10.9. The number of H-pyrrole nitrogens is 1. The van der Waals surface area contributed by atoms with Crippen LogP contribution in [0.2, 0.25) is 0 Å². The molecule has 1 spiro atoms. The molecule has 3 aromatic heterocycles. The Labute approximate surface area is 463 Å². The smallest absolute Gasteiger partial charge is 0.340 e. The molecule has 3 amide bonds. The number of fused-ring (bicyclic) bond motifs is 7. The van der Waals surface area contributed by atoms with E-state index in [1.807, 2.05) is 19.9 Å². The minimum Gasteiger partial charge on any atom is -0.508 e. The van der Waals surface area contributed by atoms with Crippen LogP contribution in [-0.4, -0.2) is 98.5 Å². The molecule has 408 valence electrons. The van der Waals surface area contributed by atoms with Gasteiger partial charge in [0.1, 0.15) is 28.8 Å². The number of carbonyl (C=O) groups is 4. The lowest BCUT2D eigenvalue weighted by Gasteiger charge is -2.38. The summed E-state index contributed by atoms with van der Waals surface area (Å²) >= 11 is 5.57. The van der Waals surface area contributed by atoms with Gasteiger partial charge in [0, 0.05) is 89.8 Å². The minimum absolute atomic E-state index is 0.0218. The third-order valence-corrected chi connectivity index (χ3v) is 14.6. The lowest BCUT2D eigenvalue weighted by Crippen LogP contribution is -2.46. The van der Waals surface area contributed by atoms with Gasteiger partial charge < -0.3 is 45.9 Å². The highest BCUT2D eigenvalue weighted by Crippen LogP contribution is 2.57. The van der Waals surface area contributed by atoms with E-state index in [2.05, 4.69) is 41.8 Å². The van der Waals surface area contributed by atoms with E-state index in [9.17, 15) is 33.8 Å². The van der Waals surface area contributed by atoms with Crippen LogP contribution in [0, 0.1) is 5.82 Å². The summed E-state index contributed by atoms with van der Waals surface area (Å²) in [5.74, 6) is -1.09. The molecule has 7 N–H and O–H groups in total. The summed E-state index contributed by atoms with van der Waals surface area (Å²) in [6, 6.07) is 27.8. The van der Waals surface area contributed by atoms with Crippen molar-refractivity contribution >= 4 is 52.4 Å². The van der Waals surface area contributed by atoms with Gasteiger partial charge >= 0.3 is 5.97 Å². The Morgan fingerprint density at radius 1 is 0.825 bits per heavy atom. The van der Waals surface area contributed by atoms with E-state index in [0.717, 1.165) is 36.9 Å². The number of phenols is 2. The number of hydrogen-bond donors (Lipinski definition) is 7. The third-order valence-electron chi connectivity index (χ3n) is 14.4. The number of ether oxygens (including phenoxy) is 2. The standard InChI is InChI=1S/C58H55FN12O8S/c1-57(2)33-69(54(76)35-28-62-63-29-35)32-44-51(67-71(52(44)57)30-34-7-9-36(59)10-8-34)53(75)64-37-11-15-40(16-12-37)70-31-39(66-68-70)14-22-50(74)60-23-5-3-4-6-24-61-56(80)65-38-13-19-45-43(25-38)55(77)79-58(45)46-20-17-41(72)26-48(46)78-49-27-42(73)18-21-47(49)58/h7-13,15-21,25-29,31,72-73H,3-6,14,22-24,30,32-33H2,1-2H3,(H,60,74)(H,62,63)(H,64,75)(H2,61,65,80).